The molecule has 0 fully saturated rings. The van der Waals surface area contributed by atoms with Gasteiger partial charge in [0.05, 0.1) is 18.6 Å². The molecule has 3 aromatic rings. The molecule has 0 saturated carbocycles. The normalized spacial score (nSPS) is 11.4. The van der Waals surface area contributed by atoms with Gasteiger partial charge in [-0.2, -0.15) is 0 Å². The Hall–Kier alpha value is -4.54. The number of non-ortho nitro benzene ring substituents is 1. The number of nitrogens with one attached hydrogen (secondary N) is 2. The molecule has 11 heteroatoms. The number of benzene rings is 2. The Morgan fingerprint density at radius 3 is 2.52 bits per heavy atom. The molecule has 11 nitrogen and oxygen atoms in total. The van der Waals surface area contributed by atoms with E-state index in [4.69, 9.17) is 9.15 Å². The largest absolute Gasteiger partial charge is 0.467 e. The molecule has 33 heavy (non-hydrogen) atoms. The number of nitro groups is 1. The molecule has 0 unspecified atom stereocenters. The summed E-state index contributed by atoms with van der Waals surface area (Å²) in [5.74, 6) is -2.25. The van der Waals surface area contributed by atoms with Crippen molar-refractivity contribution in [2.24, 2.45) is 0 Å². The highest BCUT2D eigenvalue weighted by molar-refractivity contribution is 5.99. The lowest BCUT2D eigenvalue weighted by Gasteiger charge is -2.17. The Bertz CT molecular complexity index is 1270. The Kier molecular flexibility index (Phi) is 7.13. The second-order valence-corrected chi connectivity index (χ2v) is 6.94. The van der Waals surface area contributed by atoms with Gasteiger partial charge in [-0.15, -0.1) is 0 Å². The fourth-order valence-corrected chi connectivity index (χ4v) is 3.07. The van der Waals surface area contributed by atoms with Gasteiger partial charge in [-0.1, -0.05) is 30.3 Å². The lowest BCUT2D eigenvalue weighted by molar-refractivity contribution is -0.384. The number of nitrogens with zero attached hydrogens (tertiary/aromatic N) is 1. The summed E-state index contributed by atoms with van der Waals surface area (Å²) in [5.41, 5.74) is -0.772. The molecule has 0 aliphatic heterocycles. The number of nitro benzene ring substituents is 1. The average molecular weight is 453 g/mol. The minimum Gasteiger partial charge on any atom is -0.467 e. The van der Waals surface area contributed by atoms with Crippen LogP contribution in [0.15, 0.2) is 63.8 Å². The number of amides is 2. The number of hydrogen-bond donors (Lipinski definition) is 2. The van der Waals surface area contributed by atoms with Gasteiger partial charge in [-0.3, -0.25) is 19.7 Å². The summed E-state index contributed by atoms with van der Waals surface area (Å²) in [6.07, 6.45) is 0.181. The van der Waals surface area contributed by atoms with E-state index < -0.39 is 46.5 Å². The first-order valence-electron chi connectivity index (χ1n) is 9.70. The van der Waals surface area contributed by atoms with Gasteiger partial charge in [-0.05, 0) is 17.7 Å². The number of hydrogen-bond acceptors (Lipinski definition) is 8. The third-order valence-corrected chi connectivity index (χ3v) is 4.68. The smallest absolute Gasteiger partial charge is 0.349 e. The molecule has 0 spiro atoms. The number of carbonyl (C=O) groups is 3. The van der Waals surface area contributed by atoms with Crippen LogP contribution in [0.1, 0.15) is 15.9 Å². The van der Waals surface area contributed by atoms with E-state index >= 15 is 0 Å². The standard InChI is InChI=1S/C22H19N3O8/c1-32-22(29)17(9-13-5-3-2-4-6-13)24-19(26)12-23-20(27)16-11-14-10-15(25(30)31)7-8-18(14)33-21(16)28/h2-8,10-11,17H,9,12H2,1H3,(H,23,27)(H,24,26)/t17-/m0/s1. The molecule has 1 aromatic heterocycles. The van der Waals surface area contributed by atoms with Crippen LogP contribution >= 0.6 is 0 Å². The summed E-state index contributed by atoms with van der Waals surface area (Å²) >= 11 is 0. The predicted octanol–water partition coefficient (Wildman–Crippen LogP) is 1.33. The first-order chi connectivity index (χ1) is 15.8. The highest BCUT2D eigenvalue weighted by atomic mass is 16.6. The van der Waals surface area contributed by atoms with Gasteiger partial charge in [-0.25, -0.2) is 9.59 Å². The summed E-state index contributed by atoms with van der Waals surface area (Å²) in [6, 6.07) is 12.7. The molecule has 2 amide bonds. The average Bonchev–Trinajstić information content (AvgIpc) is 2.81. The summed E-state index contributed by atoms with van der Waals surface area (Å²) in [4.78, 5) is 59.2. The van der Waals surface area contributed by atoms with Crippen LogP contribution in [-0.2, 0) is 20.7 Å². The van der Waals surface area contributed by atoms with Crippen LogP contribution in [0.4, 0.5) is 5.69 Å². The first kappa shape index (κ1) is 23.1. The van der Waals surface area contributed by atoms with Crippen molar-refractivity contribution in [2.45, 2.75) is 12.5 Å². The lowest BCUT2D eigenvalue weighted by Crippen LogP contribution is -2.47. The van der Waals surface area contributed by atoms with Crippen LogP contribution in [-0.4, -0.2) is 42.4 Å². The molecule has 3 rings (SSSR count). The maximum absolute atomic E-state index is 12.4. The number of fused-ring (bicyclic) bond motifs is 1. The Labute approximate surface area is 186 Å². The predicted molar refractivity (Wildman–Crippen MR) is 116 cm³/mol. The molecule has 1 heterocycles. The van der Waals surface area contributed by atoms with Crippen molar-refractivity contribution in [3.63, 3.8) is 0 Å². The number of ether oxygens (including phenoxy) is 1. The van der Waals surface area contributed by atoms with Crippen molar-refractivity contribution < 1.29 is 28.5 Å². The number of methoxy groups -OCH3 is 1. The highest BCUT2D eigenvalue weighted by Gasteiger charge is 2.23. The summed E-state index contributed by atoms with van der Waals surface area (Å²) in [5, 5.41) is 15.9. The van der Waals surface area contributed by atoms with Crippen molar-refractivity contribution in [3.05, 3.63) is 86.3 Å². The van der Waals surface area contributed by atoms with E-state index in [1.54, 1.807) is 24.3 Å². The van der Waals surface area contributed by atoms with E-state index in [1.165, 1.54) is 19.2 Å². The van der Waals surface area contributed by atoms with Crippen molar-refractivity contribution in [3.8, 4) is 0 Å². The third-order valence-electron chi connectivity index (χ3n) is 4.68. The minimum absolute atomic E-state index is 0.0710. The zero-order chi connectivity index (χ0) is 24.0. The van der Waals surface area contributed by atoms with E-state index in [0.29, 0.717) is 0 Å². The van der Waals surface area contributed by atoms with Gasteiger partial charge in [0.1, 0.15) is 17.2 Å². The van der Waals surface area contributed by atoms with E-state index in [9.17, 15) is 29.3 Å². The summed E-state index contributed by atoms with van der Waals surface area (Å²) < 4.78 is 9.75. The second kappa shape index (κ2) is 10.2. The zero-order valence-corrected chi connectivity index (χ0v) is 17.4. The first-order valence-corrected chi connectivity index (χ1v) is 9.70. The van der Waals surface area contributed by atoms with Gasteiger partial charge >= 0.3 is 11.6 Å². The van der Waals surface area contributed by atoms with Crippen molar-refractivity contribution in [2.75, 3.05) is 13.7 Å². The van der Waals surface area contributed by atoms with Crippen molar-refractivity contribution in [1.82, 2.24) is 10.6 Å². The van der Waals surface area contributed by atoms with E-state index in [1.807, 2.05) is 6.07 Å². The second-order valence-electron chi connectivity index (χ2n) is 6.94. The molecule has 170 valence electrons. The van der Waals surface area contributed by atoms with Gasteiger partial charge in [0.25, 0.3) is 11.6 Å². The van der Waals surface area contributed by atoms with Crippen LogP contribution < -0.4 is 16.3 Å². The summed E-state index contributed by atoms with van der Waals surface area (Å²) in [7, 11) is 1.19. The SMILES string of the molecule is COC(=O)[C@H](Cc1ccccc1)NC(=O)CNC(=O)c1cc2cc([N+](=O)[O-])ccc2oc1=O. The molecule has 0 aliphatic carbocycles. The third kappa shape index (κ3) is 5.79. The Balaban J connectivity index is 1.68. The van der Waals surface area contributed by atoms with Crippen LogP contribution in [0.25, 0.3) is 11.0 Å². The molecule has 0 bridgehead atoms. The van der Waals surface area contributed by atoms with Crippen LogP contribution in [0, 0.1) is 10.1 Å². The quantitative estimate of drug-likeness (QED) is 0.224. The number of carbonyl (C=O) groups excluding carboxylic acids is 3. The number of esters is 1. The highest BCUT2D eigenvalue weighted by Crippen LogP contribution is 2.20. The monoisotopic (exact) mass is 453 g/mol. The van der Waals surface area contributed by atoms with E-state index in [2.05, 4.69) is 10.6 Å². The molecule has 0 radical (unpaired) electrons. The fraction of sp³-hybridized carbons (Fsp3) is 0.182. The molecule has 2 aromatic carbocycles. The lowest BCUT2D eigenvalue weighted by atomic mass is 10.1. The van der Waals surface area contributed by atoms with Gasteiger partial charge in [0.15, 0.2) is 0 Å². The van der Waals surface area contributed by atoms with Gasteiger partial charge < -0.3 is 19.8 Å². The van der Waals surface area contributed by atoms with Gasteiger partial charge in [0.2, 0.25) is 5.91 Å². The molecule has 0 saturated heterocycles. The van der Waals surface area contributed by atoms with E-state index in [0.717, 1.165) is 17.7 Å². The topological polar surface area (TPSA) is 158 Å². The Morgan fingerprint density at radius 2 is 1.85 bits per heavy atom. The zero-order valence-electron chi connectivity index (χ0n) is 17.4. The summed E-state index contributed by atoms with van der Waals surface area (Å²) in [6.45, 7) is -0.534. The number of rotatable bonds is 8. The molecular weight excluding hydrogens is 434 g/mol. The van der Waals surface area contributed by atoms with Crippen molar-refractivity contribution in [1.29, 1.82) is 0 Å². The van der Waals surface area contributed by atoms with Crippen LogP contribution in [0.2, 0.25) is 0 Å². The minimum atomic E-state index is -0.979. The Morgan fingerprint density at radius 1 is 1.12 bits per heavy atom. The maximum Gasteiger partial charge on any atom is 0.349 e. The molecule has 1 atom stereocenters. The van der Waals surface area contributed by atoms with Gasteiger partial charge in [0, 0.05) is 23.9 Å². The van der Waals surface area contributed by atoms with Crippen LogP contribution in [0.5, 0.6) is 0 Å². The molecular formula is C22H19N3O8. The fourth-order valence-electron chi connectivity index (χ4n) is 3.07. The van der Waals surface area contributed by atoms with Crippen molar-refractivity contribution >= 4 is 34.4 Å². The maximum atomic E-state index is 12.4. The van der Waals surface area contributed by atoms with E-state index in [-0.39, 0.29) is 23.1 Å². The molecule has 0 aliphatic rings. The van der Waals surface area contributed by atoms with Crippen LogP contribution in [0.3, 0.4) is 0 Å². The molecule has 2 N–H and O–H groups in total.